The van der Waals surface area contributed by atoms with Gasteiger partial charge in [-0.25, -0.2) is 21.6 Å². The number of hydrogen-bond acceptors (Lipinski definition) is 13. The monoisotopic (exact) mass is 740 g/mol. The molecule has 0 unspecified atom stereocenters. The molecule has 0 fully saturated rings. The molecule has 0 spiro atoms. The van der Waals surface area contributed by atoms with Gasteiger partial charge in [-0.1, -0.05) is 29.4 Å². The molecule has 0 saturated carbocycles. The van der Waals surface area contributed by atoms with Gasteiger partial charge in [0.15, 0.2) is 19.7 Å². The number of nitrogens with one attached hydrogen (secondary N) is 1. The third-order valence-corrected chi connectivity index (χ3v) is 11.4. The standard InChI is InChI=1S/C30H31F3N6O9S2/c1-28(2,3)47-27(41)34-19-15-50(44,45)21-12-11-18(23-36-37-25(46-23)29(4,5)49(6,42)43)13-20(21)39(24(19)40)14-16-7-9-17(10-8-16)22-35-26(48-38-22)30(31,32)33/h7-13,19H,14-15H2,1-6H3,(H,34,41)/t19-/m0/s1. The molecule has 0 saturated heterocycles. The lowest BCUT2D eigenvalue weighted by Gasteiger charge is -2.27. The number of anilines is 1. The maximum Gasteiger partial charge on any atom is 0.471 e. The van der Waals surface area contributed by atoms with E-state index in [0.29, 0.717) is 5.56 Å². The summed E-state index contributed by atoms with van der Waals surface area (Å²) in [5, 5.41) is 13.5. The summed E-state index contributed by atoms with van der Waals surface area (Å²) in [6.07, 6.45) is -4.88. The minimum absolute atomic E-state index is 0.125. The zero-order chi connectivity index (χ0) is 37.0. The number of ether oxygens (including phenoxy) is 1. The van der Waals surface area contributed by atoms with E-state index in [1.165, 1.54) is 56.3 Å². The number of fused-ring (bicyclic) bond motifs is 1. The van der Waals surface area contributed by atoms with Gasteiger partial charge in [0.05, 0.1) is 22.9 Å². The van der Waals surface area contributed by atoms with Crippen LogP contribution in [0.2, 0.25) is 0 Å². The highest BCUT2D eigenvalue weighted by Crippen LogP contribution is 2.37. The van der Waals surface area contributed by atoms with Gasteiger partial charge in [-0.05, 0) is 58.4 Å². The van der Waals surface area contributed by atoms with Gasteiger partial charge < -0.3 is 23.9 Å². The van der Waals surface area contributed by atoms with Crippen molar-refractivity contribution >= 4 is 37.4 Å². The Morgan fingerprint density at radius 3 is 2.24 bits per heavy atom. The Hall–Kier alpha value is -4.85. The molecule has 50 heavy (non-hydrogen) atoms. The number of hydrogen-bond donors (Lipinski definition) is 1. The zero-order valence-corrected chi connectivity index (χ0v) is 29.0. The van der Waals surface area contributed by atoms with Crippen LogP contribution in [0.5, 0.6) is 0 Å². The van der Waals surface area contributed by atoms with Crippen LogP contribution < -0.4 is 10.2 Å². The topological polar surface area (TPSA) is 205 Å². The molecule has 15 nitrogen and oxygen atoms in total. The van der Waals surface area contributed by atoms with Gasteiger partial charge in [-0.3, -0.25) is 4.79 Å². The molecule has 268 valence electrons. The highest BCUT2D eigenvalue weighted by atomic mass is 32.2. The number of nitrogens with zero attached hydrogens (tertiary/aromatic N) is 5. The van der Waals surface area contributed by atoms with E-state index in [1.54, 1.807) is 20.8 Å². The summed E-state index contributed by atoms with van der Waals surface area (Å²) in [5.74, 6) is -3.92. The van der Waals surface area contributed by atoms with E-state index in [1.807, 2.05) is 0 Å². The fourth-order valence-electron chi connectivity index (χ4n) is 4.67. The second-order valence-electron chi connectivity index (χ2n) is 12.9. The first kappa shape index (κ1) is 36.4. The molecule has 2 aromatic heterocycles. The minimum Gasteiger partial charge on any atom is -0.444 e. The highest BCUT2D eigenvalue weighted by molar-refractivity contribution is 7.92. The van der Waals surface area contributed by atoms with Crippen LogP contribution >= 0.6 is 0 Å². The summed E-state index contributed by atoms with van der Waals surface area (Å²) in [6, 6.07) is 7.96. The number of carbonyl (C=O) groups is 2. The number of halogens is 3. The van der Waals surface area contributed by atoms with Gasteiger partial charge in [0.25, 0.3) is 5.91 Å². The van der Waals surface area contributed by atoms with Gasteiger partial charge in [0.1, 0.15) is 16.4 Å². The molecule has 1 N–H and O–H groups in total. The number of sulfone groups is 2. The van der Waals surface area contributed by atoms with Gasteiger partial charge in [-0.15, -0.1) is 10.2 Å². The molecule has 20 heteroatoms. The smallest absolute Gasteiger partial charge is 0.444 e. The molecule has 4 aromatic rings. The fourth-order valence-corrected chi connectivity index (χ4v) is 6.67. The van der Waals surface area contributed by atoms with E-state index in [2.05, 4.69) is 30.2 Å². The number of amides is 2. The number of alkyl carbamates (subject to hydrolysis) is 1. The SMILES string of the molecule is CC(C)(C)OC(=O)N[C@H]1CS(=O)(=O)c2ccc(-c3nnc(C(C)(C)S(C)(=O)=O)o3)cc2N(Cc2ccc(-c3noc(C(F)(F)F)n3)cc2)C1=O. The molecule has 2 amide bonds. The molecule has 1 aliphatic heterocycles. The predicted octanol–water partition coefficient (Wildman–Crippen LogP) is 4.30. The van der Waals surface area contributed by atoms with Crippen LogP contribution in [0.4, 0.5) is 23.7 Å². The summed E-state index contributed by atoms with van der Waals surface area (Å²) < 4.78 is 105. The number of rotatable bonds is 7. The first-order valence-electron chi connectivity index (χ1n) is 14.7. The minimum atomic E-state index is -4.85. The van der Waals surface area contributed by atoms with E-state index in [4.69, 9.17) is 9.15 Å². The van der Waals surface area contributed by atoms with Crippen molar-refractivity contribution in [2.24, 2.45) is 0 Å². The third-order valence-electron chi connectivity index (χ3n) is 7.56. The van der Waals surface area contributed by atoms with E-state index in [-0.39, 0.29) is 45.9 Å². The van der Waals surface area contributed by atoms with Crippen molar-refractivity contribution in [2.75, 3.05) is 16.9 Å². The van der Waals surface area contributed by atoms with E-state index >= 15 is 0 Å². The highest BCUT2D eigenvalue weighted by Gasteiger charge is 2.41. The van der Waals surface area contributed by atoms with Crippen molar-refractivity contribution in [2.45, 2.75) is 68.6 Å². The van der Waals surface area contributed by atoms with Gasteiger partial charge in [0.2, 0.25) is 17.6 Å². The number of carbonyl (C=O) groups excluding carboxylic acids is 2. The fraction of sp³-hybridized carbons (Fsp3) is 0.400. The Morgan fingerprint density at radius 2 is 1.66 bits per heavy atom. The summed E-state index contributed by atoms with van der Waals surface area (Å²) in [4.78, 5) is 31.0. The van der Waals surface area contributed by atoms with E-state index < -0.39 is 65.9 Å². The van der Waals surface area contributed by atoms with Crippen molar-refractivity contribution in [3.05, 3.63) is 59.8 Å². The number of alkyl halides is 3. The Kier molecular flexibility index (Phi) is 9.10. The van der Waals surface area contributed by atoms with Crippen LogP contribution in [0.15, 0.2) is 56.3 Å². The van der Waals surface area contributed by atoms with Crippen LogP contribution in [0.1, 0.15) is 52.0 Å². The van der Waals surface area contributed by atoms with Crippen LogP contribution in [0, 0.1) is 0 Å². The summed E-state index contributed by atoms with van der Waals surface area (Å²) >= 11 is 0. The second-order valence-corrected chi connectivity index (χ2v) is 17.5. The third kappa shape index (κ3) is 7.49. The van der Waals surface area contributed by atoms with Crippen molar-refractivity contribution in [3.8, 4) is 22.8 Å². The van der Waals surface area contributed by atoms with Crippen molar-refractivity contribution < 1.29 is 53.3 Å². The zero-order valence-electron chi connectivity index (χ0n) is 27.4. The van der Waals surface area contributed by atoms with Gasteiger partial charge in [-0.2, -0.15) is 18.2 Å². The van der Waals surface area contributed by atoms with E-state index in [9.17, 15) is 39.6 Å². The quantitative estimate of drug-likeness (QED) is 0.281. The van der Waals surface area contributed by atoms with Crippen LogP contribution in [0.3, 0.4) is 0 Å². The normalized spacial score (nSPS) is 16.9. The Bertz CT molecular complexity index is 2170. The lowest BCUT2D eigenvalue weighted by Crippen LogP contribution is -2.51. The maximum atomic E-state index is 14.1. The average molecular weight is 741 g/mol. The summed E-state index contributed by atoms with van der Waals surface area (Å²) in [5.41, 5.74) is -0.395. The van der Waals surface area contributed by atoms with Crippen LogP contribution in [-0.4, -0.2) is 72.8 Å². The molecular formula is C30H31F3N6O9S2. The summed E-state index contributed by atoms with van der Waals surface area (Å²) in [6.45, 7) is 7.23. The Labute approximate surface area is 284 Å². The Morgan fingerprint density at radius 1 is 1.02 bits per heavy atom. The van der Waals surface area contributed by atoms with Crippen LogP contribution in [-0.2, 0) is 46.7 Å². The molecule has 5 rings (SSSR count). The van der Waals surface area contributed by atoms with Crippen molar-refractivity contribution in [1.29, 1.82) is 0 Å². The lowest BCUT2D eigenvalue weighted by atomic mass is 10.1. The molecule has 1 atom stereocenters. The number of aromatic nitrogens is 4. The summed E-state index contributed by atoms with van der Waals surface area (Å²) in [7, 11) is -7.96. The largest absolute Gasteiger partial charge is 0.471 e. The molecule has 0 aliphatic carbocycles. The molecule has 0 radical (unpaired) electrons. The van der Waals surface area contributed by atoms with Gasteiger partial charge in [0, 0.05) is 17.4 Å². The second kappa shape index (κ2) is 12.5. The molecule has 1 aliphatic rings. The predicted molar refractivity (Wildman–Crippen MR) is 169 cm³/mol. The van der Waals surface area contributed by atoms with Crippen molar-refractivity contribution in [3.63, 3.8) is 0 Å². The first-order chi connectivity index (χ1) is 23.0. The molecular weight excluding hydrogens is 709 g/mol. The number of benzene rings is 2. The molecule has 0 bridgehead atoms. The molecule has 3 heterocycles. The first-order valence-corrected chi connectivity index (χ1v) is 18.2. The Balaban J connectivity index is 1.56. The molecule has 2 aromatic carbocycles. The lowest BCUT2D eigenvalue weighted by molar-refractivity contribution is -0.159. The van der Waals surface area contributed by atoms with Crippen LogP contribution in [0.25, 0.3) is 22.8 Å². The van der Waals surface area contributed by atoms with Crippen molar-refractivity contribution in [1.82, 2.24) is 25.7 Å². The maximum absolute atomic E-state index is 14.1. The average Bonchev–Trinajstić information content (AvgIpc) is 3.68. The van der Waals surface area contributed by atoms with E-state index in [0.717, 1.165) is 11.2 Å². The van der Waals surface area contributed by atoms with Gasteiger partial charge >= 0.3 is 18.2 Å².